The van der Waals surface area contributed by atoms with Gasteiger partial charge in [0.1, 0.15) is 12.4 Å². The lowest BCUT2D eigenvalue weighted by Gasteiger charge is -2.19. The maximum Gasteiger partial charge on any atom is 0.338 e. The van der Waals surface area contributed by atoms with E-state index in [-0.39, 0.29) is 29.2 Å². The Morgan fingerprint density at radius 3 is 2.38 bits per heavy atom. The highest BCUT2D eigenvalue weighted by Gasteiger charge is 2.31. The maximum absolute atomic E-state index is 12.7. The highest BCUT2D eigenvalue weighted by atomic mass is 32.2. The number of aromatic nitrogens is 1. The molecule has 1 aromatic heterocycles. The van der Waals surface area contributed by atoms with Crippen molar-refractivity contribution >= 4 is 28.6 Å². The van der Waals surface area contributed by atoms with Crippen LogP contribution in [0.2, 0.25) is 0 Å². The number of pyridine rings is 1. The van der Waals surface area contributed by atoms with Crippen LogP contribution in [0, 0.1) is 0 Å². The zero-order chi connectivity index (χ0) is 23.9. The monoisotopic (exact) mass is 475 g/mol. The van der Waals surface area contributed by atoms with Crippen molar-refractivity contribution < 1.29 is 23.9 Å². The van der Waals surface area contributed by atoms with E-state index in [1.165, 1.54) is 0 Å². The molecule has 1 saturated heterocycles. The van der Waals surface area contributed by atoms with Gasteiger partial charge in [-0.3, -0.25) is 14.6 Å². The molecule has 34 heavy (non-hydrogen) atoms. The summed E-state index contributed by atoms with van der Waals surface area (Å²) in [5.74, 6) is 0.148. The zero-order valence-corrected chi connectivity index (χ0v) is 19.6. The fraction of sp³-hybridized carbons (Fsp3) is 0.259. The van der Waals surface area contributed by atoms with Gasteiger partial charge >= 0.3 is 5.97 Å². The highest BCUT2D eigenvalue weighted by molar-refractivity contribution is 8.15. The molecule has 174 valence electrons. The Morgan fingerprint density at radius 2 is 1.76 bits per heavy atom. The van der Waals surface area contributed by atoms with E-state index in [0.717, 1.165) is 29.3 Å². The van der Waals surface area contributed by atoms with Crippen molar-refractivity contribution in [1.29, 1.82) is 0 Å². The van der Waals surface area contributed by atoms with E-state index in [4.69, 9.17) is 9.47 Å². The van der Waals surface area contributed by atoms with E-state index in [2.05, 4.69) is 11.9 Å². The average molecular weight is 476 g/mol. The summed E-state index contributed by atoms with van der Waals surface area (Å²) in [6.07, 6.45) is 2.49. The fourth-order valence-electron chi connectivity index (χ4n) is 3.57. The largest absolute Gasteiger partial charge is 0.489 e. The van der Waals surface area contributed by atoms with Crippen LogP contribution in [-0.4, -0.2) is 33.7 Å². The SMILES string of the molecule is CCc1ccc(C(COc2ccc(CC3SC(=O)CC3=O)cc2)OC(=O)c2ccccc2)nc1. The zero-order valence-electron chi connectivity index (χ0n) is 18.8. The smallest absolute Gasteiger partial charge is 0.338 e. The molecule has 0 radical (unpaired) electrons. The Morgan fingerprint density at radius 1 is 1.03 bits per heavy atom. The first-order valence-electron chi connectivity index (χ1n) is 11.2. The van der Waals surface area contributed by atoms with Gasteiger partial charge in [0.15, 0.2) is 17.0 Å². The Hall–Kier alpha value is -3.45. The number of Topliss-reactive ketones (excluding diaryl/α,β-unsaturated/α-hetero) is 1. The third-order valence-electron chi connectivity index (χ3n) is 5.54. The fourth-order valence-corrected chi connectivity index (χ4v) is 4.61. The Kier molecular flexibility index (Phi) is 7.75. The normalized spacial score (nSPS) is 16.3. The van der Waals surface area contributed by atoms with Crippen molar-refractivity contribution in [2.45, 2.75) is 37.5 Å². The molecule has 0 amide bonds. The standard InChI is InChI=1S/C27H25NO5S/c1-2-18-10-13-22(28-16-18)24(33-27(31)20-6-4-3-5-7-20)17-32-21-11-8-19(9-12-21)14-25-23(29)15-26(30)34-25/h3-13,16,24-25H,2,14-15,17H2,1H3. The van der Waals surface area contributed by atoms with E-state index in [1.54, 1.807) is 30.5 Å². The molecule has 0 bridgehead atoms. The summed E-state index contributed by atoms with van der Waals surface area (Å²) < 4.78 is 11.7. The van der Waals surface area contributed by atoms with Crippen LogP contribution in [0.4, 0.5) is 0 Å². The van der Waals surface area contributed by atoms with Crippen LogP contribution in [0.3, 0.4) is 0 Å². The molecule has 2 aromatic carbocycles. The molecule has 2 unspecified atom stereocenters. The van der Waals surface area contributed by atoms with Crippen molar-refractivity contribution in [3.8, 4) is 5.75 Å². The average Bonchev–Trinajstić information content (AvgIpc) is 3.19. The van der Waals surface area contributed by atoms with E-state index in [0.29, 0.717) is 23.4 Å². The summed E-state index contributed by atoms with van der Waals surface area (Å²) in [5, 5.41) is -0.371. The number of hydrogen-bond donors (Lipinski definition) is 0. The minimum absolute atomic E-state index is 0.0139. The molecular weight excluding hydrogens is 450 g/mol. The quantitative estimate of drug-likeness (QED) is 0.326. The summed E-state index contributed by atoms with van der Waals surface area (Å²) in [6, 6.07) is 20.0. The van der Waals surface area contributed by atoms with Crippen LogP contribution in [-0.2, 0) is 27.2 Å². The second-order valence-electron chi connectivity index (χ2n) is 7.99. The molecule has 2 atom stereocenters. The number of carbonyl (C=O) groups excluding carboxylic acids is 3. The van der Waals surface area contributed by atoms with Gasteiger partial charge in [0.05, 0.1) is 22.9 Å². The molecule has 4 rings (SSSR count). The van der Waals surface area contributed by atoms with Crippen LogP contribution in [0.1, 0.15) is 46.6 Å². The molecular formula is C27H25NO5S. The minimum atomic E-state index is -0.684. The number of ketones is 1. The van der Waals surface area contributed by atoms with Crippen LogP contribution < -0.4 is 4.74 Å². The Balaban J connectivity index is 1.42. The highest BCUT2D eigenvalue weighted by Crippen LogP contribution is 2.28. The molecule has 0 saturated carbocycles. The number of carbonyl (C=O) groups is 3. The predicted molar refractivity (Wildman–Crippen MR) is 130 cm³/mol. The van der Waals surface area contributed by atoms with Gasteiger partial charge in [-0.1, -0.05) is 55.1 Å². The maximum atomic E-state index is 12.7. The van der Waals surface area contributed by atoms with Gasteiger partial charge in [0.25, 0.3) is 0 Å². The van der Waals surface area contributed by atoms with Crippen molar-refractivity contribution in [3.05, 3.63) is 95.3 Å². The number of rotatable bonds is 9. The third-order valence-corrected chi connectivity index (χ3v) is 6.66. The lowest BCUT2D eigenvalue weighted by atomic mass is 10.1. The van der Waals surface area contributed by atoms with Crippen molar-refractivity contribution in [2.75, 3.05) is 6.61 Å². The van der Waals surface area contributed by atoms with Gasteiger partial charge in [-0.2, -0.15) is 0 Å². The summed E-state index contributed by atoms with van der Waals surface area (Å²) in [5.41, 5.74) is 3.12. The van der Waals surface area contributed by atoms with Gasteiger partial charge in [-0.05, 0) is 54.3 Å². The molecule has 1 aliphatic heterocycles. The number of thioether (sulfide) groups is 1. The van der Waals surface area contributed by atoms with Gasteiger partial charge in [0.2, 0.25) is 0 Å². The third kappa shape index (κ3) is 6.11. The van der Waals surface area contributed by atoms with E-state index in [9.17, 15) is 14.4 Å². The molecule has 0 aliphatic carbocycles. The molecule has 2 heterocycles. The van der Waals surface area contributed by atoms with Crippen LogP contribution in [0.15, 0.2) is 72.9 Å². The first-order chi connectivity index (χ1) is 16.5. The minimum Gasteiger partial charge on any atom is -0.489 e. The number of benzene rings is 2. The number of ether oxygens (including phenoxy) is 2. The van der Waals surface area contributed by atoms with Gasteiger partial charge in [-0.25, -0.2) is 4.79 Å². The van der Waals surface area contributed by atoms with Crippen molar-refractivity contribution in [3.63, 3.8) is 0 Å². The Bertz CT molecular complexity index is 1150. The van der Waals surface area contributed by atoms with Crippen LogP contribution in [0.5, 0.6) is 5.75 Å². The molecule has 1 fully saturated rings. The number of aryl methyl sites for hydroxylation is 1. The topological polar surface area (TPSA) is 82.6 Å². The number of esters is 1. The molecule has 6 nitrogen and oxygen atoms in total. The molecule has 1 aliphatic rings. The van der Waals surface area contributed by atoms with Crippen LogP contribution in [0.25, 0.3) is 0 Å². The second-order valence-corrected chi connectivity index (χ2v) is 9.25. The van der Waals surface area contributed by atoms with Gasteiger partial charge < -0.3 is 9.47 Å². The lowest BCUT2D eigenvalue weighted by molar-refractivity contribution is -0.121. The molecule has 7 heteroatoms. The van der Waals surface area contributed by atoms with Gasteiger partial charge in [0, 0.05) is 6.20 Å². The lowest BCUT2D eigenvalue weighted by Crippen LogP contribution is -2.19. The predicted octanol–water partition coefficient (Wildman–Crippen LogP) is 4.76. The van der Waals surface area contributed by atoms with E-state index < -0.39 is 12.1 Å². The summed E-state index contributed by atoms with van der Waals surface area (Å²) in [7, 11) is 0. The van der Waals surface area contributed by atoms with Crippen LogP contribution >= 0.6 is 11.8 Å². The first kappa shape index (κ1) is 23.7. The molecule has 0 N–H and O–H groups in total. The summed E-state index contributed by atoms with van der Waals surface area (Å²) in [6.45, 7) is 2.15. The second kappa shape index (κ2) is 11.1. The summed E-state index contributed by atoms with van der Waals surface area (Å²) >= 11 is 1.12. The first-order valence-corrected chi connectivity index (χ1v) is 12.0. The van der Waals surface area contributed by atoms with Gasteiger partial charge in [-0.15, -0.1) is 0 Å². The van der Waals surface area contributed by atoms with Crippen molar-refractivity contribution in [2.24, 2.45) is 0 Å². The number of nitrogens with zero attached hydrogens (tertiary/aromatic N) is 1. The number of hydrogen-bond acceptors (Lipinski definition) is 7. The van der Waals surface area contributed by atoms with E-state index >= 15 is 0 Å². The summed E-state index contributed by atoms with van der Waals surface area (Å²) in [4.78, 5) is 40.5. The molecule has 3 aromatic rings. The van der Waals surface area contributed by atoms with E-state index in [1.807, 2.05) is 42.5 Å². The Labute approximate surface area is 202 Å². The van der Waals surface area contributed by atoms with Crippen molar-refractivity contribution in [1.82, 2.24) is 4.98 Å². The molecule has 0 spiro atoms.